The lowest BCUT2D eigenvalue weighted by atomic mass is 9.75. The highest BCUT2D eigenvalue weighted by atomic mass is 35.5. The van der Waals surface area contributed by atoms with Crippen molar-refractivity contribution >= 4 is 40.5 Å². The highest BCUT2D eigenvalue weighted by molar-refractivity contribution is 6.42. The van der Waals surface area contributed by atoms with Crippen LogP contribution in [0, 0.1) is 5.92 Å². The third-order valence-corrected chi connectivity index (χ3v) is 5.97. The molecule has 1 aromatic heterocycles. The number of halogens is 3. The molecule has 2 fully saturated rings. The molecule has 0 aliphatic carbocycles. The van der Waals surface area contributed by atoms with Crippen molar-refractivity contribution in [3.8, 4) is 0 Å². The minimum atomic E-state index is 0.272. The first-order chi connectivity index (χ1) is 11.6. The second kappa shape index (κ2) is 6.72. The van der Waals surface area contributed by atoms with Gasteiger partial charge < -0.3 is 10.1 Å². The second-order valence-corrected chi connectivity index (χ2v) is 7.60. The Kier molecular flexibility index (Phi) is 4.61. The average Bonchev–Trinajstić information content (AvgIpc) is 3.17. The number of anilines is 1. The number of ether oxygens (including phenoxy) is 1. The van der Waals surface area contributed by atoms with Crippen LogP contribution in [0.5, 0.6) is 0 Å². The number of nitrogens with one attached hydrogen (secondary N) is 1. The van der Waals surface area contributed by atoms with Crippen LogP contribution in [0.1, 0.15) is 24.3 Å². The average molecular weight is 384 g/mol. The van der Waals surface area contributed by atoms with Gasteiger partial charge in [0.05, 0.1) is 22.3 Å². The van der Waals surface area contributed by atoms with Gasteiger partial charge in [-0.2, -0.15) is 0 Å². The SMILES string of the molecule is Clc1cc(C2C3CCC(O3)[C@@H]2CNc2ccc(Cl)c(Cl)c2)ccn1. The van der Waals surface area contributed by atoms with Crippen molar-refractivity contribution in [2.45, 2.75) is 31.0 Å². The summed E-state index contributed by atoms with van der Waals surface area (Å²) < 4.78 is 6.17. The normalized spacial score (nSPS) is 28.3. The molecule has 2 aliphatic heterocycles. The summed E-state index contributed by atoms with van der Waals surface area (Å²) >= 11 is 18.2. The monoisotopic (exact) mass is 382 g/mol. The van der Waals surface area contributed by atoms with Crippen LogP contribution in [-0.4, -0.2) is 23.7 Å². The summed E-state index contributed by atoms with van der Waals surface area (Å²) in [4.78, 5) is 4.09. The van der Waals surface area contributed by atoms with Crippen molar-refractivity contribution in [3.05, 3.63) is 57.3 Å². The van der Waals surface area contributed by atoms with Crippen molar-refractivity contribution in [2.75, 3.05) is 11.9 Å². The van der Waals surface area contributed by atoms with Crippen LogP contribution in [-0.2, 0) is 4.74 Å². The van der Waals surface area contributed by atoms with Gasteiger partial charge in [0.1, 0.15) is 5.15 Å². The highest BCUT2D eigenvalue weighted by Gasteiger charge is 2.49. The number of pyridine rings is 1. The molecule has 2 bridgehead atoms. The van der Waals surface area contributed by atoms with Gasteiger partial charge in [0.25, 0.3) is 0 Å². The summed E-state index contributed by atoms with van der Waals surface area (Å²) in [5, 5.41) is 5.14. The predicted octanol–water partition coefficient (Wildman–Crippen LogP) is 5.41. The number of nitrogens with zero attached hydrogens (tertiary/aromatic N) is 1. The zero-order valence-corrected chi connectivity index (χ0v) is 15.2. The van der Waals surface area contributed by atoms with Gasteiger partial charge in [0, 0.05) is 30.3 Å². The van der Waals surface area contributed by atoms with Crippen molar-refractivity contribution in [3.63, 3.8) is 0 Å². The largest absolute Gasteiger partial charge is 0.385 e. The number of hydrogen-bond acceptors (Lipinski definition) is 3. The molecule has 3 nitrogen and oxygen atoms in total. The van der Waals surface area contributed by atoms with E-state index in [4.69, 9.17) is 39.5 Å². The minimum absolute atomic E-state index is 0.272. The zero-order valence-electron chi connectivity index (χ0n) is 12.9. The van der Waals surface area contributed by atoms with Gasteiger partial charge in [-0.25, -0.2) is 4.98 Å². The maximum absolute atomic E-state index is 6.17. The summed E-state index contributed by atoms with van der Waals surface area (Å²) in [5.74, 6) is 0.746. The molecule has 4 atom stereocenters. The van der Waals surface area contributed by atoms with E-state index in [2.05, 4.69) is 10.3 Å². The van der Waals surface area contributed by atoms with Crippen LogP contribution in [0.3, 0.4) is 0 Å². The van der Waals surface area contributed by atoms with Crippen molar-refractivity contribution in [1.29, 1.82) is 0 Å². The molecule has 2 aromatic rings. The van der Waals surface area contributed by atoms with Crippen LogP contribution in [0.4, 0.5) is 5.69 Å². The van der Waals surface area contributed by atoms with Crippen molar-refractivity contribution in [2.24, 2.45) is 5.92 Å². The molecule has 2 saturated heterocycles. The molecule has 3 heterocycles. The van der Waals surface area contributed by atoms with Gasteiger partial charge in [-0.15, -0.1) is 0 Å². The Bertz CT molecular complexity index is 755. The first-order valence-corrected chi connectivity index (χ1v) is 9.21. The molecule has 24 heavy (non-hydrogen) atoms. The summed E-state index contributed by atoms with van der Waals surface area (Å²) in [5.41, 5.74) is 2.18. The number of fused-ring (bicyclic) bond motifs is 2. The minimum Gasteiger partial charge on any atom is -0.385 e. The molecule has 0 radical (unpaired) electrons. The fourth-order valence-corrected chi connectivity index (χ4v) is 4.44. The predicted molar refractivity (Wildman–Crippen MR) is 98.3 cm³/mol. The molecule has 0 amide bonds. The van der Waals surface area contributed by atoms with E-state index in [1.165, 1.54) is 5.56 Å². The molecule has 3 unspecified atom stereocenters. The van der Waals surface area contributed by atoms with Gasteiger partial charge in [-0.3, -0.25) is 0 Å². The molecule has 4 rings (SSSR count). The molecule has 2 aliphatic rings. The molecule has 0 saturated carbocycles. The van der Waals surface area contributed by atoms with Gasteiger partial charge in [-0.1, -0.05) is 34.8 Å². The fourth-order valence-electron chi connectivity index (χ4n) is 3.96. The van der Waals surface area contributed by atoms with Crippen LogP contribution in [0.2, 0.25) is 15.2 Å². The smallest absolute Gasteiger partial charge is 0.129 e. The lowest BCUT2D eigenvalue weighted by Crippen LogP contribution is -2.31. The summed E-state index contributed by atoms with van der Waals surface area (Å²) in [6, 6.07) is 9.62. The van der Waals surface area contributed by atoms with Crippen LogP contribution < -0.4 is 5.32 Å². The zero-order chi connectivity index (χ0) is 16.7. The van der Waals surface area contributed by atoms with Gasteiger partial charge in [-0.05, 0) is 48.7 Å². The van der Waals surface area contributed by atoms with E-state index in [0.717, 1.165) is 25.1 Å². The summed E-state index contributed by atoms with van der Waals surface area (Å²) in [6.07, 6.45) is 4.57. The Hall–Kier alpha value is -1.00. The summed E-state index contributed by atoms with van der Waals surface area (Å²) in [6.45, 7) is 0.823. The first-order valence-electron chi connectivity index (χ1n) is 8.07. The standard InChI is InChI=1S/C18H17Cl3N2O/c19-13-2-1-11(8-14(13)20)23-9-12-15-3-4-16(24-15)18(12)10-5-6-22-17(21)7-10/h1-2,5-8,12,15-16,18,23H,3-4,9H2/t12-,15?,16?,18?/m0/s1. The van der Waals surface area contributed by atoms with E-state index in [-0.39, 0.29) is 6.10 Å². The van der Waals surface area contributed by atoms with Crippen LogP contribution in [0.25, 0.3) is 0 Å². The number of hydrogen-bond donors (Lipinski definition) is 1. The van der Waals surface area contributed by atoms with E-state index in [1.807, 2.05) is 30.3 Å². The third-order valence-electron chi connectivity index (χ3n) is 5.02. The molecular weight excluding hydrogens is 367 g/mol. The summed E-state index contributed by atoms with van der Waals surface area (Å²) in [7, 11) is 0. The van der Waals surface area contributed by atoms with E-state index < -0.39 is 0 Å². The second-order valence-electron chi connectivity index (χ2n) is 6.40. The van der Waals surface area contributed by atoms with Crippen molar-refractivity contribution in [1.82, 2.24) is 4.98 Å². The molecular formula is C18H17Cl3N2O. The maximum Gasteiger partial charge on any atom is 0.129 e. The van der Waals surface area contributed by atoms with E-state index >= 15 is 0 Å². The Morgan fingerprint density at radius 1 is 1.04 bits per heavy atom. The van der Waals surface area contributed by atoms with E-state index in [0.29, 0.717) is 33.1 Å². The molecule has 1 aromatic carbocycles. The fraction of sp³-hybridized carbons (Fsp3) is 0.389. The van der Waals surface area contributed by atoms with E-state index in [1.54, 1.807) is 6.20 Å². The quantitative estimate of drug-likeness (QED) is 0.716. The third kappa shape index (κ3) is 3.11. The van der Waals surface area contributed by atoms with Crippen LogP contribution >= 0.6 is 34.8 Å². The van der Waals surface area contributed by atoms with Gasteiger partial charge in [0.2, 0.25) is 0 Å². The van der Waals surface area contributed by atoms with Crippen LogP contribution in [0.15, 0.2) is 36.5 Å². The lowest BCUT2D eigenvalue weighted by Gasteiger charge is -2.29. The molecule has 126 valence electrons. The van der Waals surface area contributed by atoms with Crippen molar-refractivity contribution < 1.29 is 4.74 Å². The van der Waals surface area contributed by atoms with Gasteiger partial charge in [0.15, 0.2) is 0 Å². The number of rotatable bonds is 4. The van der Waals surface area contributed by atoms with E-state index in [9.17, 15) is 0 Å². The Morgan fingerprint density at radius 3 is 2.67 bits per heavy atom. The molecule has 0 spiro atoms. The first kappa shape index (κ1) is 16.5. The molecule has 6 heteroatoms. The topological polar surface area (TPSA) is 34.1 Å². The Morgan fingerprint density at radius 2 is 1.88 bits per heavy atom. The Balaban J connectivity index is 1.53. The maximum atomic E-state index is 6.17. The number of benzene rings is 1. The van der Waals surface area contributed by atoms with Gasteiger partial charge >= 0.3 is 0 Å². The lowest BCUT2D eigenvalue weighted by molar-refractivity contribution is 0.0922. The highest BCUT2D eigenvalue weighted by Crippen LogP contribution is 2.49. The Labute approximate surface area is 156 Å². The molecule has 1 N–H and O–H groups in total. The number of aromatic nitrogens is 1.